The van der Waals surface area contributed by atoms with Crippen LogP contribution in [-0.2, 0) is 6.61 Å². The van der Waals surface area contributed by atoms with Gasteiger partial charge in [0, 0.05) is 16.6 Å². The van der Waals surface area contributed by atoms with E-state index in [1.165, 1.54) is 6.39 Å². The molecule has 5 nitrogen and oxygen atoms in total. The summed E-state index contributed by atoms with van der Waals surface area (Å²) in [6.07, 6.45) is 1.26. The van der Waals surface area contributed by atoms with Gasteiger partial charge >= 0.3 is 0 Å². The van der Waals surface area contributed by atoms with Crippen LogP contribution < -0.4 is 10.5 Å². The van der Waals surface area contributed by atoms with E-state index < -0.39 is 0 Å². The number of nitrogens with two attached hydrogens (primary N) is 1. The second-order valence-corrected chi connectivity index (χ2v) is 4.04. The quantitative estimate of drug-likeness (QED) is 0.905. The van der Waals surface area contributed by atoms with Gasteiger partial charge in [-0.3, -0.25) is 0 Å². The summed E-state index contributed by atoms with van der Waals surface area (Å²) in [7, 11) is 0. The largest absolute Gasteiger partial charge is 0.485 e. The molecule has 1 aromatic carbocycles. The Kier molecular flexibility index (Phi) is 3.61. The van der Waals surface area contributed by atoms with Crippen molar-refractivity contribution >= 4 is 11.6 Å². The van der Waals surface area contributed by atoms with Crippen LogP contribution in [0.25, 0.3) is 0 Å². The fourth-order valence-corrected chi connectivity index (χ4v) is 1.59. The van der Waals surface area contributed by atoms with Crippen LogP contribution in [0.15, 0.2) is 29.1 Å². The predicted octanol–water partition coefficient (Wildman–Crippen LogP) is 2.32. The third-order valence-electron chi connectivity index (χ3n) is 2.23. The average molecular weight is 254 g/mol. The van der Waals surface area contributed by atoms with Crippen LogP contribution in [0, 0.1) is 0 Å². The van der Waals surface area contributed by atoms with Gasteiger partial charge in [-0.2, -0.15) is 4.98 Å². The highest BCUT2D eigenvalue weighted by molar-refractivity contribution is 6.30. The van der Waals surface area contributed by atoms with Crippen molar-refractivity contribution < 1.29 is 9.26 Å². The minimum atomic E-state index is -0.158. The van der Waals surface area contributed by atoms with Gasteiger partial charge in [-0.05, 0) is 25.1 Å². The fourth-order valence-electron chi connectivity index (χ4n) is 1.40. The molecular weight excluding hydrogens is 242 g/mol. The Morgan fingerprint density at radius 1 is 1.53 bits per heavy atom. The van der Waals surface area contributed by atoms with Crippen molar-refractivity contribution in [3.8, 4) is 5.75 Å². The molecule has 0 saturated carbocycles. The van der Waals surface area contributed by atoms with Gasteiger partial charge in [-0.15, -0.1) is 0 Å². The maximum Gasteiger partial charge on any atom is 0.213 e. The molecule has 0 bridgehead atoms. The molecule has 0 unspecified atom stereocenters. The predicted molar refractivity (Wildman–Crippen MR) is 62.7 cm³/mol. The lowest BCUT2D eigenvalue weighted by molar-refractivity contribution is 0.282. The third kappa shape index (κ3) is 2.95. The van der Waals surface area contributed by atoms with Crippen molar-refractivity contribution in [3.63, 3.8) is 0 Å². The maximum absolute atomic E-state index is 5.91. The summed E-state index contributed by atoms with van der Waals surface area (Å²) < 4.78 is 10.2. The first-order valence-corrected chi connectivity index (χ1v) is 5.47. The number of nitrogens with zero attached hydrogens (tertiary/aromatic N) is 2. The smallest absolute Gasteiger partial charge is 0.213 e. The minimum Gasteiger partial charge on any atom is -0.485 e. The molecule has 2 aromatic rings. The molecule has 2 N–H and O–H groups in total. The number of aromatic nitrogens is 2. The highest BCUT2D eigenvalue weighted by Crippen LogP contribution is 2.27. The van der Waals surface area contributed by atoms with Gasteiger partial charge in [-0.1, -0.05) is 16.8 Å². The van der Waals surface area contributed by atoms with Crippen LogP contribution in [0.3, 0.4) is 0 Å². The number of halogens is 1. The van der Waals surface area contributed by atoms with E-state index in [2.05, 4.69) is 14.7 Å². The maximum atomic E-state index is 5.91. The summed E-state index contributed by atoms with van der Waals surface area (Å²) in [5.41, 5.74) is 6.69. The molecule has 1 atom stereocenters. The Balaban J connectivity index is 2.14. The van der Waals surface area contributed by atoms with Gasteiger partial charge in [0.1, 0.15) is 5.75 Å². The Morgan fingerprint density at radius 2 is 2.35 bits per heavy atom. The van der Waals surface area contributed by atoms with Crippen molar-refractivity contribution in [3.05, 3.63) is 41.0 Å². The monoisotopic (exact) mass is 253 g/mol. The molecule has 6 heteroatoms. The van der Waals surface area contributed by atoms with Gasteiger partial charge < -0.3 is 15.0 Å². The lowest BCUT2D eigenvalue weighted by atomic mass is 10.1. The fraction of sp³-hybridized carbons (Fsp3) is 0.273. The van der Waals surface area contributed by atoms with E-state index in [9.17, 15) is 0 Å². The molecule has 0 saturated heterocycles. The summed E-state index contributed by atoms with van der Waals surface area (Å²) in [5.74, 6) is 1.16. The first-order chi connectivity index (χ1) is 8.16. The summed E-state index contributed by atoms with van der Waals surface area (Å²) >= 11 is 5.91. The van der Waals surface area contributed by atoms with E-state index in [1.807, 2.05) is 6.92 Å². The molecule has 0 radical (unpaired) electrons. The molecule has 2 rings (SSSR count). The van der Waals surface area contributed by atoms with E-state index >= 15 is 0 Å². The molecule has 17 heavy (non-hydrogen) atoms. The van der Waals surface area contributed by atoms with E-state index in [0.29, 0.717) is 16.6 Å². The van der Waals surface area contributed by atoms with E-state index in [1.54, 1.807) is 18.2 Å². The van der Waals surface area contributed by atoms with Crippen LogP contribution in [0.1, 0.15) is 24.4 Å². The van der Waals surface area contributed by atoms with Crippen LogP contribution >= 0.6 is 11.6 Å². The molecule has 0 aliphatic carbocycles. The topological polar surface area (TPSA) is 74.2 Å². The van der Waals surface area contributed by atoms with Crippen LogP contribution in [0.5, 0.6) is 5.75 Å². The second kappa shape index (κ2) is 5.16. The standard InChI is InChI=1S/C11H12ClN3O2/c1-7(13)9-4-8(12)2-3-10(9)16-5-11-14-6-17-15-11/h2-4,6-7H,5,13H2,1H3/t7-/m1/s1. The lowest BCUT2D eigenvalue weighted by Gasteiger charge is -2.13. The van der Waals surface area contributed by atoms with Crippen LogP contribution in [-0.4, -0.2) is 10.1 Å². The van der Waals surface area contributed by atoms with Gasteiger partial charge in [0.2, 0.25) is 12.2 Å². The lowest BCUT2D eigenvalue weighted by Crippen LogP contribution is -2.08. The molecule has 1 aromatic heterocycles. The summed E-state index contributed by atoms with van der Waals surface area (Å²) in [4.78, 5) is 3.86. The minimum absolute atomic E-state index is 0.158. The number of hydrogen-bond donors (Lipinski definition) is 1. The second-order valence-electron chi connectivity index (χ2n) is 3.61. The first-order valence-electron chi connectivity index (χ1n) is 5.10. The molecule has 0 aliphatic rings. The Hall–Kier alpha value is -1.59. The number of rotatable bonds is 4. The number of hydrogen-bond acceptors (Lipinski definition) is 5. The zero-order valence-corrected chi connectivity index (χ0v) is 10.0. The van der Waals surface area contributed by atoms with Gasteiger partial charge in [0.15, 0.2) is 6.61 Å². The Morgan fingerprint density at radius 3 is 3.00 bits per heavy atom. The third-order valence-corrected chi connectivity index (χ3v) is 2.46. The van der Waals surface area contributed by atoms with Crippen molar-refractivity contribution in [2.45, 2.75) is 19.6 Å². The Labute approximate surface area is 104 Å². The zero-order chi connectivity index (χ0) is 12.3. The van der Waals surface area contributed by atoms with Gasteiger partial charge in [-0.25, -0.2) is 0 Å². The molecule has 1 heterocycles. The van der Waals surface area contributed by atoms with Crippen molar-refractivity contribution in [2.24, 2.45) is 5.73 Å². The summed E-state index contributed by atoms with van der Waals surface area (Å²) in [6, 6.07) is 5.16. The van der Waals surface area contributed by atoms with E-state index in [4.69, 9.17) is 22.1 Å². The molecule has 0 aliphatic heterocycles. The van der Waals surface area contributed by atoms with Gasteiger partial charge in [0.25, 0.3) is 0 Å². The van der Waals surface area contributed by atoms with Crippen molar-refractivity contribution in [1.82, 2.24) is 10.1 Å². The molecule has 0 fully saturated rings. The molecule has 0 spiro atoms. The van der Waals surface area contributed by atoms with E-state index in [-0.39, 0.29) is 12.6 Å². The summed E-state index contributed by atoms with van der Waals surface area (Å²) in [5, 5.41) is 4.28. The zero-order valence-electron chi connectivity index (χ0n) is 9.26. The average Bonchev–Trinajstić information content (AvgIpc) is 2.80. The molecule has 0 amide bonds. The number of ether oxygens (including phenoxy) is 1. The molecular formula is C11H12ClN3O2. The highest BCUT2D eigenvalue weighted by atomic mass is 35.5. The highest BCUT2D eigenvalue weighted by Gasteiger charge is 2.10. The SMILES string of the molecule is C[C@@H](N)c1cc(Cl)ccc1OCc1ncon1. The van der Waals surface area contributed by atoms with E-state index in [0.717, 1.165) is 5.56 Å². The Bertz CT molecular complexity index is 485. The molecule has 90 valence electrons. The van der Waals surface area contributed by atoms with Crippen molar-refractivity contribution in [1.29, 1.82) is 0 Å². The number of benzene rings is 1. The van der Waals surface area contributed by atoms with Crippen LogP contribution in [0.4, 0.5) is 0 Å². The van der Waals surface area contributed by atoms with Gasteiger partial charge in [0.05, 0.1) is 0 Å². The normalized spacial score (nSPS) is 12.4. The first kappa shape index (κ1) is 11.9. The van der Waals surface area contributed by atoms with Crippen molar-refractivity contribution in [2.75, 3.05) is 0 Å². The van der Waals surface area contributed by atoms with Crippen LogP contribution in [0.2, 0.25) is 5.02 Å². The summed E-state index contributed by atoms with van der Waals surface area (Å²) in [6.45, 7) is 2.10.